The van der Waals surface area contributed by atoms with E-state index in [1.165, 1.54) is 0 Å². The number of amides is 2. The number of alkyl carbamates (subject to hydrolysis) is 1. The number of hydrogen-bond acceptors (Lipinski definition) is 4. The molecule has 7 nitrogen and oxygen atoms in total. The number of aliphatic carboxylic acids is 1. The molecule has 0 bridgehead atoms. The maximum Gasteiger partial charge on any atom is 0.407 e. The fraction of sp³-hybridized carbons (Fsp3) is 0.423. The summed E-state index contributed by atoms with van der Waals surface area (Å²) in [6, 6.07) is 16.2. The maximum absolute atomic E-state index is 12.7. The Labute approximate surface area is 193 Å². The highest BCUT2D eigenvalue weighted by Crippen LogP contribution is 2.44. The van der Waals surface area contributed by atoms with Gasteiger partial charge in [-0.1, -0.05) is 68.3 Å². The topological polar surface area (TPSA) is 105 Å². The van der Waals surface area contributed by atoms with Crippen molar-refractivity contribution >= 4 is 18.0 Å². The molecular formula is C26H30N2O5. The van der Waals surface area contributed by atoms with Crippen molar-refractivity contribution in [2.24, 2.45) is 5.92 Å². The van der Waals surface area contributed by atoms with Crippen LogP contribution in [-0.4, -0.2) is 41.8 Å². The Morgan fingerprint density at radius 2 is 1.61 bits per heavy atom. The average Bonchev–Trinajstić information content (AvgIpc) is 3.42. The predicted molar refractivity (Wildman–Crippen MR) is 124 cm³/mol. The smallest absolute Gasteiger partial charge is 0.407 e. The van der Waals surface area contributed by atoms with Gasteiger partial charge >= 0.3 is 12.1 Å². The standard InChI is InChI=1S/C26H30N2O5/c1-2-17(23(29)28-26(24(30)31)13-7-8-14-26)15-27-25(32)33-16-22-20-11-5-3-9-18(20)19-10-4-6-12-21(19)22/h3-6,9-12,17,22H,2,7-8,13-16H2,1H3,(H,27,32)(H,28,29)(H,30,31). The van der Waals surface area contributed by atoms with Crippen LogP contribution in [0.25, 0.3) is 11.1 Å². The van der Waals surface area contributed by atoms with Crippen molar-refractivity contribution in [3.63, 3.8) is 0 Å². The summed E-state index contributed by atoms with van der Waals surface area (Å²) in [7, 11) is 0. The molecule has 1 saturated carbocycles. The molecule has 0 spiro atoms. The molecule has 0 radical (unpaired) electrons. The number of hydrogen-bond donors (Lipinski definition) is 3. The van der Waals surface area contributed by atoms with Crippen LogP contribution in [-0.2, 0) is 14.3 Å². The highest BCUT2D eigenvalue weighted by atomic mass is 16.5. The second-order valence-electron chi connectivity index (χ2n) is 8.90. The van der Waals surface area contributed by atoms with Crippen LogP contribution in [0.4, 0.5) is 4.79 Å². The monoisotopic (exact) mass is 450 g/mol. The Hall–Kier alpha value is -3.35. The third kappa shape index (κ3) is 4.58. The minimum atomic E-state index is -1.19. The largest absolute Gasteiger partial charge is 0.480 e. The SMILES string of the molecule is CCC(CNC(=O)OCC1c2ccccc2-c2ccccc21)C(=O)NC1(C(=O)O)CCCC1. The summed E-state index contributed by atoms with van der Waals surface area (Å²) in [5.74, 6) is -1.90. The molecule has 33 heavy (non-hydrogen) atoms. The van der Waals surface area contributed by atoms with Gasteiger partial charge in [-0.15, -0.1) is 0 Å². The fourth-order valence-electron chi connectivity index (χ4n) is 4.99. The first-order valence-electron chi connectivity index (χ1n) is 11.6. The van der Waals surface area contributed by atoms with E-state index in [9.17, 15) is 19.5 Å². The molecule has 4 rings (SSSR count). The summed E-state index contributed by atoms with van der Waals surface area (Å²) in [6.07, 6.45) is 2.32. The predicted octanol–water partition coefficient (Wildman–Crippen LogP) is 4.06. The van der Waals surface area contributed by atoms with Gasteiger partial charge in [0, 0.05) is 12.5 Å². The molecule has 1 atom stereocenters. The number of carboxylic acid groups (broad SMARTS) is 1. The highest BCUT2D eigenvalue weighted by Gasteiger charge is 2.43. The van der Waals surface area contributed by atoms with E-state index in [0.717, 1.165) is 35.1 Å². The van der Waals surface area contributed by atoms with Gasteiger partial charge in [-0.2, -0.15) is 0 Å². The van der Waals surface area contributed by atoms with Gasteiger partial charge in [0.25, 0.3) is 0 Å². The maximum atomic E-state index is 12.7. The van der Waals surface area contributed by atoms with Crippen molar-refractivity contribution in [3.05, 3.63) is 59.7 Å². The van der Waals surface area contributed by atoms with Crippen molar-refractivity contribution < 1.29 is 24.2 Å². The summed E-state index contributed by atoms with van der Waals surface area (Å²) < 4.78 is 5.53. The van der Waals surface area contributed by atoms with Crippen LogP contribution in [0, 0.1) is 5.92 Å². The van der Waals surface area contributed by atoms with E-state index in [1.807, 2.05) is 31.2 Å². The average molecular weight is 451 g/mol. The summed E-state index contributed by atoms with van der Waals surface area (Å²) in [6.45, 7) is 2.13. The number of rotatable bonds is 8. The zero-order chi connectivity index (χ0) is 23.4. The normalized spacial score (nSPS) is 17.0. The van der Waals surface area contributed by atoms with E-state index in [-0.39, 0.29) is 25.0 Å². The number of nitrogens with one attached hydrogen (secondary N) is 2. The van der Waals surface area contributed by atoms with Crippen molar-refractivity contribution in [2.45, 2.75) is 50.5 Å². The Kier molecular flexibility index (Phi) is 6.67. The zero-order valence-corrected chi connectivity index (χ0v) is 18.8. The summed E-state index contributed by atoms with van der Waals surface area (Å²) in [5.41, 5.74) is 3.39. The van der Waals surface area contributed by atoms with Crippen molar-refractivity contribution in [3.8, 4) is 11.1 Å². The van der Waals surface area contributed by atoms with Crippen LogP contribution in [0.1, 0.15) is 56.1 Å². The van der Waals surface area contributed by atoms with Crippen LogP contribution in [0.2, 0.25) is 0 Å². The highest BCUT2D eigenvalue weighted by molar-refractivity contribution is 5.88. The minimum absolute atomic E-state index is 0.0359. The molecule has 2 aromatic carbocycles. The van der Waals surface area contributed by atoms with E-state index in [4.69, 9.17) is 4.74 Å². The summed E-state index contributed by atoms with van der Waals surface area (Å²) in [5, 5.41) is 15.0. The molecule has 3 N–H and O–H groups in total. The number of fused-ring (bicyclic) bond motifs is 3. The lowest BCUT2D eigenvalue weighted by atomic mass is 9.95. The first kappa shape index (κ1) is 22.8. The lowest BCUT2D eigenvalue weighted by Crippen LogP contribution is -2.55. The van der Waals surface area contributed by atoms with Gasteiger partial charge in [-0.25, -0.2) is 9.59 Å². The van der Waals surface area contributed by atoms with E-state index in [0.29, 0.717) is 19.3 Å². The minimum Gasteiger partial charge on any atom is -0.480 e. The van der Waals surface area contributed by atoms with E-state index in [1.54, 1.807) is 0 Å². The van der Waals surface area contributed by atoms with Crippen molar-refractivity contribution in [2.75, 3.05) is 13.2 Å². The van der Waals surface area contributed by atoms with Gasteiger partial charge in [-0.05, 0) is 41.5 Å². The Morgan fingerprint density at radius 3 is 2.15 bits per heavy atom. The molecule has 2 aliphatic carbocycles. The third-order valence-corrected chi connectivity index (χ3v) is 6.93. The van der Waals surface area contributed by atoms with E-state index < -0.39 is 23.5 Å². The number of carboxylic acids is 1. The molecule has 0 aliphatic heterocycles. The molecule has 7 heteroatoms. The zero-order valence-electron chi connectivity index (χ0n) is 18.8. The van der Waals surface area contributed by atoms with Crippen LogP contribution < -0.4 is 10.6 Å². The number of carbonyl (C=O) groups excluding carboxylic acids is 2. The first-order valence-corrected chi connectivity index (χ1v) is 11.6. The van der Waals surface area contributed by atoms with Crippen LogP contribution >= 0.6 is 0 Å². The number of benzene rings is 2. The van der Waals surface area contributed by atoms with Gasteiger partial charge in [0.1, 0.15) is 12.1 Å². The molecule has 1 fully saturated rings. The molecule has 2 aromatic rings. The quantitative estimate of drug-likeness (QED) is 0.562. The lowest BCUT2D eigenvalue weighted by Gasteiger charge is -2.27. The van der Waals surface area contributed by atoms with Crippen LogP contribution in [0.3, 0.4) is 0 Å². The van der Waals surface area contributed by atoms with Crippen molar-refractivity contribution in [1.29, 1.82) is 0 Å². The molecule has 2 aliphatic rings. The van der Waals surface area contributed by atoms with Gasteiger partial charge in [0.2, 0.25) is 5.91 Å². The van der Waals surface area contributed by atoms with Crippen molar-refractivity contribution in [1.82, 2.24) is 10.6 Å². The third-order valence-electron chi connectivity index (χ3n) is 6.93. The van der Waals surface area contributed by atoms with Gasteiger partial charge in [0.05, 0.1) is 5.92 Å². The Balaban J connectivity index is 1.33. The molecule has 1 unspecified atom stereocenters. The van der Waals surface area contributed by atoms with Gasteiger partial charge in [0.15, 0.2) is 0 Å². The molecule has 2 amide bonds. The molecular weight excluding hydrogens is 420 g/mol. The summed E-state index contributed by atoms with van der Waals surface area (Å²) >= 11 is 0. The van der Waals surface area contributed by atoms with Crippen LogP contribution in [0.15, 0.2) is 48.5 Å². The first-order chi connectivity index (χ1) is 15.9. The molecule has 174 valence electrons. The van der Waals surface area contributed by atoms with E-state index >= 15 is 0 Å². The molecule has 0 aromatic heterocycles. The Bertz CT molecular complexity index is 999. The Morgan fingerprint density at radius 1 is 1.03 bits per heavy atom. The molecule has 0 saturated heterocycles. The number of ether oxygens (including phenoxy) is 1. The van der Waals surface area contributed by atoms with E-state index in [2.05, 4.69) is 34.9 Å². The fourth-order valence-corrected chi connectivity index (χ4v) is 4.99. The van der Waals surface area contributed by atoms with Gasteiger partial charge in [-0.3, -0.25) is 4.79 Å². The van der Waals surface area contributed by atoms with Gasteiger partial charge < -0.3 is 20.5 Å². The second-order valence-corrected chi connectivity index (χ2v) is 8.90. The summed E-state index contributed by atoms with van der Waals surface area (Å²) in [4.78, 5) is 36.9. The molecule has 0 heterocycles. The lowest BCUT2D eigenvalue weighted by molar-refractivity contribution is -0.148. The second kappa shape index (κ2) is 9.65. The van der Waals surface area contributed by atoms with Crippen LogP contribution in [0.5, 0.6) is 0 Å². The number of carbonyl (C=O) groups is 3.